The van der Waals surface area contributed by atoms with Crippen molar-refractivity contribution in [1.82, 2.24) is 10.6 Å². The van der Waals surface area contributed by atoms with Gasteiger partial charge in [-0.25, -0.2) is 0 Å². The third kappa shape index (κ3) is 3.98. The standard InChI is InChI=1S/C17H26N2O.ClH/c1-13-7-6-8-15(11-13)17(9-4-5-10-17)16(20)19-12-14(2)18-3;/h6-8,11,14,18H,4-5,9-10,12H2,1-3H3,(H,19,20);1H. The first kappa shape index (κ1) is 18.0. The van der Waals surface area contributed by atoms with E-state index in [-0.39, 0.29) is 23.7 Å². The van der Waals surface area contributed by atoms with Crippen molar-refractivity contribution < 1.29 is 4.79 Å². The first-order valence-electron chi connectivity index (χ1n) is 7.61. The van der Waals surface area contributed by atoms with Crippen LogP contribution in [0.1, 0.15) is 43.7 Å². The molecular weight excluding hydrogens is 284 g/mol. The van der Waals surface area contributed by atoms with Crippen molar-refractivity contribution in [2.75, 3.05) is 13.6 Å². The van der Waals surface area contributed by atoms with Crippen LogP contribution in [0, 0.1) is 6.92 Å². The molecule has 0 aromatic heterocycles. The summed E-state index contributed by atoms with van der Waals surface area (Å²) in [5, 5.41) is 6.29. The Kier molecular flexibility index (Phi) is 6.69. The normalized spacial score (nSPS) is 17.9. The van der Waals surface area contributed by atoms with Crippen LogP contribution in [-0.2, 0) is 10.2 Å². The van der Waals surface area contributed by atoms with Gasteiger partial charge in [-0.05, 0) is 39.3 Å². The van der Waals surface area contributed by atoms with Crippen molar-refractivity contribution in [3.63, 3.8) is 0 Å². The fourth-order valence-corrected chi connectivity index (χ4v) is 3.09. The minimum absolute atomic E-state index is 0. The molecule has 4 heteroatoms. The van der Waals surface area contributed by atoms with Crippen LogP contribution < -0.4 is 10.6 Å². The number of hydrogen-bond donors (Lipinski definition) is 2. The summed E-state index contributed by atoms with van der Waals surface area (Å²) in [5.41, 5.74) is 2.11. The highest BCUT2D eigenvalue weighted by Crippen LogP contribution is 2.41. The van der Waals surface area contributed by atoms with E-state index in [1.807, 2.05) is 7.05 Å². The molecule has 0 saturated heterocycles. The Morgan fingerprint density at radius 1 is 1.33 bits per heavy atom. The van der Waals surface area contributed by atoms with E-state index in [2.05, 4.69) is 48.7 Å². The molecule has 1 atom stereocenters. The number of aryl methyl sites for hydroxylation is 1. The number of rotatable bonds is 5. The smallest absolute Gasteiger partial charge is 0.230 e. The van der Waals surface area contributed by atoms with Crippen LogP contribution in [0.2, 0.25) is 0 Å². The summed E-state index contributed by atoms with van der Waals surface area (Å²) in [7, 11) is 1.92. The zero-order valence-corrected chi connectivity index (χ0v) is 14.1. The average Bonchev–Trinajstić information content (AvgIpc) is 2.95. The predicted molar refractivity (Wildman–Crippen MR) is 90.1 cm³/mol. The van der Waals surface area contributed by atoms with E-state index in [0.717, 1.165) is 25.7 Å². The van der Waals surface area contributed by atoms with E-state index in [1.165, 1.54) is 11.1 Å². The third-order valence-electron chi connectivity index (χ3n) is 4.52. The quantitative estimate of drug-likeness (QED) is 0.878. The second-order valence-electron chi connectivity index (χ2n) is 6.06. The lowest BCUT2D eigenvalue weighted by Gasteiger charge is -2.29. The Balaban J connectivity index is 0.00000220. The van der Waals surface area contributed by atoms with Gasteiger partial charge < -0.3 is 10.6 Å². The molecule has 0 aliphatic heterocycles. The fourth-order valence-electron chi connectivity index (χ4n) is 3.09. The van der Waals surface area contributed by atoms with Gasteiger partial charge in [-0.2, -0.15) is 0 Å². The highest BCUT2D eigenvalue weighted by Gasteiger charge is 2.42. The molecule has 118 valence electrons. The first-order chi connectivity index (χ1) is 9.58. The molecule has 21 heavy (non-hydrogen) atoms. The van der Waals surface area contributed by atoms with Crippen LogP contribution in [0.4, 0.5) is 0 Å². The molecule has 2 rings (SSSR count). The van der Waals surface area contributed by atoms with Crippen molar-refractivity contribution >= 4 is 18.3 Å². The van der Waals surface area contributed by atoms with E-state index >= 15 is 0 Å². The summed E-state index contributed by atoms with van der Waals surface area (Å²) in [6.45, 7) is 4.85. The monoisotopic (exact) mass is 310 g/mol. The van der Waals surface area contributed by atoms with Gasteiger partial charge in [-0.1, -0.05) is 42.7 Å². The van der Waals surface area contributed by atoms with Gasteiger partial charge in [0.05, 0.1) is 5.41 Å². The second kappa shape index (κ2) is 7.81. The molecule has 1 amide bonds. The molecule has 2 N–H and O–H groups in total. The number of amides is 1. The lowest BCUT2D eigenvalue weighted by atomic mass is 9.77. The molecule has 3 nitrogen and oxygen atoms in total. The number of carbonyl (C=O) groups excluding carboxylic acids is 1. The minimum Gasteiger partial charge on any atom is -0.354 e. The summed E-state index contributed by atoms with van der Waals surface area (Å²) in [5.74, 6) is 0.197. The molecule has 1 unspecified atom stereocenters. The molecular formula is C17H27ClN2O. The number of carbonyl (C=O) groups is 1. The van der Waals surface area contributed by atoms with Crippen LogP contribution in [-0.4, -0.2) is 25.5 Å². The molecule has 0 bridgehead atoms. The van der Waals surface area contributed by atoms with Gasteiger partial charge in [0.1, 0.15) is 0 Å². The van der Waals surface area contributed by atoms with Crippen molar-refractivity contribution in [1.29, 1.82) is 0 Å². The largest absolute Gasteiger partial charge is 0.354 e. The lowest BCUT2D eigenvalue weighted by Crippen LogP contribution is -2.46. The maximum Gasteiger partial charge on any atom is 0.230 e. The highest BCUT2D eigenvalue weighted by atomic mass is 35.5. The number of hydrogen-bond acceptors (Lipinski definition) is 2. The minimum atomic E-state index is -0.306. The summed E-state index contributed by atoms with van der Waals surface area (Å²) < 4.78 is 0. The Morgan fingerprint density at radius 2 is 2.00 bits per heavy atom. The Labute approximate surface area is 134 Å². The second-order valence-corrected chi connectivity index (χ2v) is 6.06. The summed E-state index contributed by atoms with van der Waals surface area (Å²) >= 11 is 0. The van der Waals surface area contributed by atoms with Crippen LogP contribution in [0.25, 0.3) is 0 Å². The highest BCUT2D eigenvalue weighted by molar-refractivity contribution is 5.88. The molecule has 0 spiro atoms. The molecule has 1 aromatic carbocycles. The van der Waals surface area contributed by atoms with Gasteiger partial charge in [0, 0.05) is 12.6 Å². The van der Waals surface area contributed by atoms with Crippen LogP contribution in [0.5, 0.6) is 0 Å². The van der Waals surface area contributed by atoms with Gasteiger partial charge in [0.2, 0.25) is 5.91 Å². The first-order valence-corrected chi connectivity index (χ1v) is 7.61. The predicted octanol–water partition coefficient (Wildman–Crippen LogP) is 2.95. The van der Waals surface area contributed by atoms with E-state index in [1.54, 1.807) is 0 Å². The Bertz CT molecular complexity index is 470. The molecule has 1 fully saturated rings. The molecule has 0 heterocycles. The number of halogens is 1. The van der Waals surface area contributed by atoms with E-state index in [0.29, 0.717) is 12.6 Å². The molecule has 1 aliphatic carbocycles. The van der Waals surface area contributed by atoms with E-state index < -0.39 is 0 Å². The van der Waals surface area contributed by atoms with Crippen LogP contribution in [0.15, 0.2) is 24.3 Å². The van der Waals surface area contributed by atoms with E-state index in [9.17, 15) is 4.79 Å². The average molecular weight is 311 g/mol. The lowest BCUT2D eigenvalue weighted by molar-refractivity contribution is -0.126. The SMILES string of the molecule is CNC(C)CNC(=O)C1(c2cccc(C)c2)CCCC1.Cl. The van der Waals surface area contributed by atoms with Crippen molar-refractivity contribution in [3.8, 4) is 0 Å². The zero-order chi connectivity index (χ0) is 14.6. The number of likely N-dealkylation sites (N-methyl/N-ethyl adjacent to an activating group) is 1. The molecule has 1 aromatic rings. The van der Waals surface area contributed by atoms with Crippen LogP contribution in [0.3, 0.4) is 0 Å². The summed E-state index contributed by atoms with van der Waals surface area (Å²) in [6, 6.07) is 8.74. The number of benzene rings is 1. The molecule has 1 aliphatic rings. The van der Waals surface area contributed by atoms with Gasteiger partial charge in [-0.15, -0.1) is 12.4 Å². The number of nitrogens with one attached hydrogen (secondary N) is 2. The van der Waals surface area contributed by atoms with Crippen molar-refractivity contribution in [3.05, 3.63) is 35.4 Å². The van der Waals surface area contributed by atoms with Gasteiger partial charge >= 0.3 is 0 Å². The topological polar surface area (TPSA) is 41.1 Å². The van der Waals surface area contributed by atoms with Crippen LogP contribution >= 0.6 is 12.4 Å². The summed E-state index contributed by atoms with van der Waals surface area (Å²) in [4.78, 5) is 12.8. The van der Waals surface area contributed by atoms with Crippen molar-refractivity contribution in [2.45, 2.75) is 51.0 Å². The molecule has 0 radical (unpaired) electrons. The fraction of sp³-hybridized carbons (Fsp3) is 0.588. The van der Waals surface area contributed by atoms with Gasteiger partial charge in [0.15, 0.2) is 0 Å². The third-order valence-corrected chi connectivity index (χ3v) is 4.52. The van der Waals surface area contributed by atoms with Gasteiger partial charge in [0.25, 0.3) is 0 Å². The maximum absolute atomic E-state index is 12.8. The Hall–Kier alpha value is -1.06. The molecule has 1 saturated carbocycles. The van der Waals surface area contributed by atoms with E-state index in [4.69, 9.17) is 0 Å². The Morgan fingerprint density at radius 3 is 2.57 bits per heavy atom. The van der Waals surface area contributed by atoms with Gasteiger partial charge in [-0.3, -0.25) is 4.79 Å². The summed E-state index contributed by atoms with van der Waals surface area (Å²) in [6.07, 6.45) is 4.22. The zero-order valence-electron chi connectivity index (χ0n) is 13.2. The maximum atomic E-state index is 12.8. The van der Waals surface area contributed by atoms with Crippen molar-refractivity contribution in [2.24, 2.45) is 0 Å².